The first-order valence-corrected chi connectivity index (χ1v) is 4.95. The number of anilines is 2. The number of nitrogen functional groups attached to an aromatic ring is 1. The highest BCUT2D eigenvalue weighted by Gasteiger charge is 2.25. The molecular weight excluding hydrogens is 192 g/mol. The Morgan fingerprint density at radius 1 is 1.60 bits per heavy atom. The van der Waals surface area contributed by atoms with Crippen molar-refractivity contribution in [2.45, 2.75) is 13.0 Å². The molecule has 15 heavy (non-hydrogen) atoms. The number of aromatic nitrogens is 1. The third-order valence-corrected chi connectivity index (χ3v) is 2.50. The standard InChI is InChI=1S/C10H14N4O/c1-7-10(15)14(5-4-12-7)8-2-3-9(11)13-6-8/h2-3,6-7,12H,4-5H2,1H3,(H2,11,13)/t7-/m1/s1. The summed E-state index contributed by atoms with van der Waals surface area (Å²) in [5.74, 6) is 0.544. The lowest BCUT2D eigenvalue weighted by Crippen LogP contribution is -2.53. The van der Waals surface area contributed by atoms with Gasteiger partial charge in [-0.25, -0.2) is 4.98 Å². The fourth-order valence-corrected chi connectivity index (χ4v) is 1.64. The van der Waals surface area contributed by atoms with E-state index in [2.05, 4.69) is 10.3 Å². The van der Waals surface area contributed by atoms with Crippen LogP contribution in [-0.4, -0.2) is 30.0 Å². The zero-order valence-electron chi connectivity index (χ0n) is 8.60. The topological polar surface area (TPSA) is 71.2 Å². The van der Waals surface area contributed by atoms with Crippen LogP contribution in [0.15, 0.2) is 18.3 Å². The summed E-state index contributed by atoms with van der Waals surface area (Å²) >= 11 is 0. The summed E-state index contributed by atoms with van der Waals surface area (Å²) in [6, 6.07) is 3.39. The van der Waals surface area contributed by atoms with Crippen molar-refractivity contribution in [1.29, 1.82) is 0 Å². The number of nitrogens with zero attached hydrogens (tertiary/aromatic N) is 2. The lowest BCUT2D eigenvalue weighted by atomic mass is 10.2. The summed E-state index contributed by atoms with van der Waals surface area (Å²) in [7, 11) is 0. The van der Waals surface area contributed by atoms with Gasteiger partial charge in [0, 0.05) is 13.1 Å². The van der Waals surface area contributed by atoms with Crippen molar-refractivity contribution in [2.75, 3.05) is 23.7 Å². The van der Waals surface area contributed by atoms with E-state index in [0.717, 1.165) is 12.2 Å². The zero-order chi connectivity index (χ0) is 10.8. The predicted octanol–water partition coefficient (Wildman–Crippen LogP) is -0.0115. The van der Waals surface area contributed by atoms with E-state index in [1.807, 2.05) is 13.0 Å². The van der Waals surface area contributed by atoms with Crippen LogP contribution >= 0.6 is 0 Å². The van der Waals surface area contributed by atoms with Gasteiger partial charge in [0.25, 0.3) is 0 Å². The van der Waals surface area contributed by atoms with E-state index < -0.39 is 0 Å². The van der Waals surface area contributed by atoms with Gasteiger partial charge in [0.1, 0.15) is 5.82 Å². The van der Waals surface area contributed by atoms with Gasteiger partial charge in [-0.15, -0.1) is 0 Å². The summed E-state index contributed by atoms with van der Waals surface area (Å²) in [6.45, 7) is 3.34. The van der Waals surface area contributed by atoms with Gasteiger partial charge in [-0.3, -0.25) is 4.79 Å². The predicted molar refractivity (Wildman–Crippen MR) is 58.5 cm³/mol. The minimum atomic E-state index is -0.128. The van der Waals surface area contributed by atoms with Gasteiger partial charge in [0.05, 0.1) is 17.9 Å². The highest BCUT2D eigenvalue weighted by atomic mass is 16.2. The maximum atomic E-state index is 11.8. The fourth-order valence-electron chi connectivity index (χ4n) is 1.64. The summed E-state index contributed by atoms with van der Waals surface area (Å²) in [5.41, 5.74) is 6.30. The van der Waals surface area contributed by atoms with Crippen molar-refractivity contribution in [3.63, 3.8) is 0 Å². The number of rotatable bonds is 1. The van der Waals surface area contributed by atoms with Crippen LogP contribution in [0.1, 0.15) is 6.92 Å². The van der Waals surface area contributed by atoms with Crippen LogP contribution in [0.3, 0.4) is 0 Å². The van der Waals surface area contributed by atoms with Crippen molar-refractivity contribution in [1.82, 2.24) is 10.3 Å². The highest BCUT2D eigenvalue weighted by Crippen LogP contribution is 2.16. The molecule has 0 saturated carbocycles. The van der Waals surface area contributed by atoms with Crippen LogP contribution in [0.5, 0.6) is 0 Å². The average molecular weight is 206 g/mol. The largest absolute Gasteiger partial charge is 0.384 e. The molecule has 1 aromatic rings. The Bertz CT molecular complexity index is 362. The molecule has 0 unspecified atom stereocenters. The number of nitrogens with one attached hydrogen (secondary N) is 1. The molecule has 80 valence electrons. The normalized spacial score (nSPS) is 21.8. The zero-order valence-corrected chi connectivity index (χ0v) is 8.60. The number of hydrogen-bond acceptors (Lipinski definition) is 4. The number of hydrogen-bond donors (Lipinski definition) is 2. The van der Waals surface area contributed by atoms with Crippen LogP contribution in [0.25, 0.3) is 0 Å². The van der Waals surface area contributed by atoms with Gasteiger partial charge < -0.3 is 16.0 Å². The average Bonchev–Trinajstić information content (AvgIpc) is 2.24. The summed E-state index contributed by atoms with van der Waals surface area (Å²) in [5, 5.41) is 3.11. The van der Waals surface area contributed by atoms with Crippen LogP contribution < -0.4 is 16.0 Å². The molecule has 2 heterocycles. The molecular formula is C10H14N4O. The first-order valence-electron chi connectivity index (χ1n) is 4.95. The molecule has 0 radical (unpaired) electrons. The highest BCUT2D eigenvalue weighted by molar-refractivity contribution is 5.97. The first-order chi connectivity index (χ1) is 7.18. The Morgan fingerprint density at radius 2 is 2.40 bits per heavy atom. The molecule has 1 amide bonds. The molecule has 0 spiro atoms. The van der Waals surface area contributed by atoms with Crippen molar-refractivity contribution in [3.8, 4) is 0 Å². The molecule has 0 aliphatic carbocycles. The molecule has 1 saturated heterocycles. The lowest BCUT2D eigenvalue weighted by Gasteiger charge is -2.31. The van der Waals surface area contributed by atoms with E-state index >= 15 is 0 Å². The first kappa shape index (κ1) is 9.92. The molecule has 5 heteroatoms. The van der Waals surface area contributed by atoms with Crippen molar-refractivity contribution in [3.05, 3.63) is 18.3 Å². The van der Waals surface area contributed by atoms with E-state index in [1.54, 1.807) is 17.2 Å². The maximum Gasteiger partial charge on any atom is 0.243 e. The van der Waals surface area contributed by atoms with Crippen LogP contribution in [0, 0.1) is 0 Å². The second-order valence-electron chi connectivity index (χ2n) is 3.61. The minimum Gasteiger partial charge on any atom is -0.384 e. The van der Waals surface area contributed by atoms with Crippen LogP contribution in [0.2, 0.25) is 0 Å². The molecule has 3 N–H and O–H groups in total. The number of piperazine rings is 1. The third kappa shape index (κ3) is 1.92. The third-order valence-electron chi connectivity index (χ3n) is 2.50. The monoisotopic (exact) mass is 206 g/mol. The number of amides is 1. The van der Waals surface area contributed by atoms with E-state index in [4.69, 9.17) is 5.73 Å². The van der Waals surface area contributed by atoms with Gasteiger partial charge in [0.15, 0.2) is 0 Å². The van der Waals surface area contributed by atoms with Gasteiger partial charge >= 0.3 is 0 Å². The molecule has 1 fully saturated rings. The second kappa shape index (κ2) is 3.86. The molecule has 1 aliphatic rings. The van der Waals surface area contributed by atoms with Crippen LogP contribution in [-0.2, 0) is 4.79 Å². The Morgan fingerprint density at radius 3 is 3.07 bits per heavy atom. The van der Waals surface area contributed by atoms with E-state index in [9.17, 15) is 4.79 Å². The molecule has 0 aromatic carbocycles. The molecule has 5 nitrogen and oxygen atoms in total. The molecule has 1 atom stereocenters. The summed E-state index contributed by atoms with van der Waals surface area (Å²) in [4.78, 5) is 17.5. The molecule has 1 aromatic heterocycles. The smallest absolute Gasteiger partial charge is 0.243 e. The van der Waals surface area contributed by atoms with E-state index in [0.29, 0.717) is 12.4 Å². The Kier molecular flexibility index (Phi) is 2.55. The van der Waals surface area contributed by atoms with Gasteiger partial charge in [0.2, 0.25) is 5.91 Å². The SMILES string of the molecule is C[C@H]1NCCN(c2ccc(N)nc2)C1=O. The number of pyridine rings is 1. The fraction of sp³-hybridized carbons (Fsp3) is 0.400. The maximum absolute atomic E-state index is 11.8. The Balaban J connectivity index is 2.22. The number of carbonyl (C=O) groups excluding carboxylic acids is 1. The Hall–Kier alpha value is -1.62. The van der Waals surface area contributed by atoms with Gasteiger partial charge in [-0.2, -0.15) is 0 Å². The Labute approximate surface area is 88.3 Å². The summed E-state index contributed by atoms with van der Waals surface area (Å²) < 4.78 is 0. The van der Waals surface area contributed by atoms with Gasteiger partial charge in [-0.1, -0.05) is 0 Å². The van der Waals surface area contributed by atoms with Crippen molar-refractivity contribution < 1.29 is 4.79 Å². The van der Waals surface area contributed by atoms with Gasteiger partial charge in [-0.05, 0) is 19.1 Å². The van der Waals surface area contributed by atoms with Crippen molar-refractivity contribution in [2.24, 2.45) is 0 Å². The molecule has 2 rings (SSSR count). The minimum absolute atomic E-state index is 0.0767. The second-order valence-corrected chi connectivity index (χ2v) is 3.61. The molecule has 0 bridgehead atoms. The van der Waals surface area contributed by atoms with Crippen LogP contribution in [0.4, 0.5) is 11.5 Å². The van der Waals surface area contributed by atoms with E-state index in [1.165, 1.54) is 0 Å². The lowest BCUT2D eigenvalue weighted by molar-refractivity contribution is -0.121. The van der Waals surface area contributed by atoms with Crippen molar-refractivity contribution >= 4 is 17.4 Å². The van der Waals surface area contributed by atoms with E-state index in [-0.39, 0.29) is 11.9 Å². The number of nitrogens with two attached hydrogens (primary N) is 1. The molecule has 1 aliphatic heterocycles. The quantitative estimate of drug-likeness (QED) is 0.678. The number of carbonyl (C=O) groups is 1. The summed E-state index contributed by atoms with van der Waals surface area (Å²) in [6.07, 6.45) is 1.63.